The van der Waals surface area contributed by atoms with E-state index in [1.807, 2.05) is 42.5 Å². The van der Waals surface area contributed by atoms with Crippen LogP contribution in [-0.2, 0) is 16.6 Å². The highest BCUT2D eigenvalue weighted by Gasteiger charge is 2.19. The third kappa shape index (κ3) is 4.32. The van der Waals surface area contributed by atoms with Gasteiger partial charge in [-0.2, -0.15) is 0 Å². The summed E-state index contributed by atoms with van der Waals surface area (Å²) < 4.78 is 33.2. The molecule has 6 nitrogen and oxygen atoms in total. The van der Waals surface area contributed by atoms with Crippen LogP contribution in [0, 0.1) is 0 Å². The van der Waals surface area contributed by atoms with E-state index in [0.29, 0.717) is 12.3 Å². The average Bonchev–Trinajstić information content (AvgIpc) is 2.71. The van der Waals surface area contributed by atoms with Gasteiger partial charge in [-0.1, -0.05) is 36.4 Å². The summed E-state index contributed by atoms with van der Waals surface area (Å²) in [4.78, 5) is 12.2. The molecule has 3 aromatic rings. The fraction of sp³-hybridized carbons (Fsp3) is 0.190. The number of carbonyl (C=O) groups excluding carboxylic acids is 1. The van der Waals surface area contributed by atoms with Gasteiger partial charge in [-0.25, -0.2) is 13.1 Å². The molecule has 0 aromatic heterocycles. The summed E-state index contributed by atoms with van der Waals surface area (Å²) in [5, 5.41) is 4.79. The van der Waals surface area contributed by atoms with Crippen LogP contribution in [0.2, 0.25) is 0 Å². The first-order valence-corrected chi connectivity index (χ1v) is 10.4. The van der Waals surface area contributed by atoms with Crippen LogP contribution < -0.4 is 14.8 Å². The van der Waals surface area contributed by atoms with Gasteiger partial charge in [0.05, 0.1) is 17.6 Å². The summed E-state index contributed by atoms with van der Waals surface area (Å²) in [5.41, 5.74) is 1.03. The van der Waals surface area contributed by atoms with Crippen LogP contribution in [0.1, 0.15) is 22.8 Å². The maximum absolute atomic E-state index is 12.7. The molecule has 1 amide bonds. The van der Waals surface area contributed by atoms with Crippen molar-refractivity contribution in [2.75, 3.05) is 13.7 Å². The number of hydrogen-bond donors (Lipinski definition) is 2. The normalized spacial score (nSPS) is 11.4. The Labute approximate surface area is 164 Å². The van der Waals surface area contributed by atoms with E-state index in [4.69, 9.17) is 4.74 Å². The molecule has 0 radical (unpaired) electrons. The lowest BCUT2D eigenvalue weighted by Gasteiger charge is -2.12. The molecule has 0 spiro atoms. The molecule has 0 saturated heterocycles. The number of methoxy groups -OCH3 is 1. The number of hydrogen-bond acceptors (Lipinski definition) is 4. The van der Waals surface area contributed by atoms with Crippen LogP contribution in [-0.4, -0.2) is 28.0 Å². The second-order valence-corrected chi connectivity index (χ2v) is 7.99. The molecule has 3 aromatic carbocycles. The third-order valence-corrected chi connectivity index (χ3v) is 5.74. The maximum Gasteiger partial charge on any atom is 0.255 e. The largest absolute Gasteiger partial charge is 0.496 e. The van der Waals surface area contributed by atoms with E-state index < -0.39 is 10.0 Å². The van der Waals surface area contributed by atoms with Gasteiger partial charge in [-0.15, -0.1) is 0 Å². The summed E-state index contributed by atoms with van der Waals surface area (Å²) in [6, 6.07) is 17.9. The second-order valence-electron chi connectivity index (χ2n) is 6.23. The number of benzene rings is 3. The van der Waals surface area contributed by atoms with Crippen molar-refractivity contribution in [1.29, 1.82) is 0 Å². The highest BCUT2D eigenvalue weighted by molar-refractivity contribution is 7.89. The van der Waals surface area contributed by atoms with E-state index in [1.54, 1.807) is 6.92 Å². The molecule has 0 bridgehead atoms. The topological polar surface area (TPSA) is 84.5 Å². The molecule has 0 aliphatic heterocycles. The predicted octanol–water partition coefficient (Wildman–Crippen LogP) is 3.08. The SMILES string of the molecule is CCNC(=O)c1cc(S(=O)(=O)NCc2ccc3ccccc3c2)ccc1OC. The van der Waals surface area contributed by atoms with Crippen molar-refractivity contribution in [2.45, 2.75) is 18.4 Å². The van der Waals surface area contributed by atoms with Crippen LogP contribution in [0.4, 0.5) is 0 Å². The van der Waals surface area contributed by atoms with Crippen molar-refractivity contribution in [3.8, 4) is 5.75 Å². The lowest BCUT2D eigenvalue weighted by Crippen LogP contribution is -2.26. The van der Waals surface area contributed by atoms with Gasteiger partial charge in [-0.05, 0) is 47.5 Å². The Morgan fingerprint density at radius 2 is 1.75 bits per heavy atom. The molecule has 146 valence electrons. The van der Waals surface area contributed by atoms with Crippen LogP contribution in [0.3, 0.4) is 0 Å². The molecule has 3 rings (SSSR count). The minimum absolute atomic E-state index is 0.00958. The summed E-state index contributed by atoms with van der Waals surface area (Å²) in [6.45, 7) is 2.37. The number of fused-ring (bicyclic) bond motifs is 1. The summed E-state index contributed by atoms with van der Waals surface area (Å²) >= 11 is 0. The maximum atomic E-state index is 12.7. The van der Waals surface area contributed by atoms with E-state index in [-0.39, 0.29) is 22.9 Å². The number of sulfonamides is 1. The Kier molecular flexibility index (Phi) is 5.96. The van der Waals surface area contributed by atoms with Crippen LogP contribution >= 0.6 is 0 Å². The molecule has 0 fully saturated rings. The van der Waals surface area contributed by atoms with Gasteiger partial charge in [0, 0.05) is 13.1 Å². The lowest BCUT2D eigenvalue weighted by atomic mass is 10.1. The quantitative estimate of drug-likeness (QED) is 0.641. The van der Waals surface area contributed by atoms with E-state index >= 15 is 0 Å². The van der Waals surface area contributed by atoms with Gasteiger partial charge < -0.3 is 10.1 Å². The van der Waals surface area contributed by atoms with Gasteiger partial charge in [0.25, 0.3) is 5.91 Å². The molecule has 0 unspecified atom stereocenters. The molecule has 7 heteroatoms. The van der Waals surface area contributed by atoms with Crippen molar-refractivity contribution in [3.63, 3.8) is 0 Å². The second kappa shape index (κ2) is 8.41. The van der Waals surface area contributed by atoms with E-state index in [1.165, 1.54) is 25.3 Å². The van der Waals surface area contributed by atoms with Gasteiger partial charge in [0.2, 0.25) is 10.0 Å². The average molecular weight is 398 g/mol. The van der Waals surface area contributed by atoms with Crippen molar-refractivity contribution in [3.05, 3.63) is 71.8 Å². The van der Waals surface area contributed by atoms with Crippen molar-refractivity contribution >= 4 is 26.7 Å². The fourth-order valence-corrected chi connectivity index (χ4v) is 3.94. The highest BCUT2D eigenvalue weighted by atomic mass is 32.2. The Hall–Kier alpha value is -2.90. The smallest absolute Gasteiger partial charge is 0.255 e. The van der Waals surface area contributed by atoms with Gasteiger partial charge in [-0.3, -0.25) is 4.79 Å². The number of amides is 1. The molecule has 0 aliphatic rings. The molecular weight excluding hydrogens is 376 g/mol. The number of rotatable bonds is 7. The molecule has 0 aliphatic carbocycles. The molecule has 2 N–H and O–H groups in total. The highest BCUT2D eigenvalue weighted by Crippen LogP contribution is 2.23. The van der Waals surface area contributed by atoms with Gasteiger partial charge in [0.15, 0.2) is 0 Å². The first-order chi connectivity index (χ1) is 13.4. The third-order valence-electron chi connectivity index (χ3n) is 4.34. The van der Waals surface area contributed by atoms with Gasteiger partial charge in [0.1, 0.15) is 5.75 Å². The zero-order valence-electron chi connectivity index (χ0n) is 15.7. The van der Waals surface area contributed by atoms with E-state index in [0.717, 1.165) is 16.3 Å². The van der Waals surface area contributed by atoms with Gasteiger partial charge >= 0.3 is 0 Å². The standard InChI is InChI=1S/C21H22N2O4S/c1-3-22-21(24)19-13-18(10-11-20(19)27-2)28(25,26)23-14-15-8-9-16-6-4-5-7-17(16)12-15/h4-13,23H,3,14H2,1-2H3,(H,22,24). The molecule has 0 heterocycles. The monoisotopic (exact) mass is 398 g/mol. The Morgan fingerprint density at radius 1 is 1.00 bits per heavy atom. The molecular formula is C21H22N2O4S. The summed E-state index contributed by atoms with van der Waals surface area (Å²) in [6.07, 6.45) is 0. The zero-order chi connectivity index (χ0) is 20.1. The first kappa shape index (κ1) is 19.9. The fourth-order valence-electron chi connectivity index (χ4n) is 2.90. The molecule has 0 atom stereocenters. The number of nitrogens with one attached hydrogen (secondary N) is 2. The minimum Gasteiger partial charge on any atom is -0.496 e. The predicted molar refractivity (Wildman–Crippen MR) is 109 cm³/mol. The minimum atomic E-state index is -3.79. The summed E-state index contributed by atoms with van der Waals surface area (Å²) in [5.74, 6) is -0.0645. The number of ether oxygens (including phenoxy) is 1. The van der Waals surface area contributed by atoms with Crippen LogP contribution in [0.25, 0.3) is 10.8 Å². The van der Waals surface area contributed by atoms with Crippen molar-refractivity contribution in [1.82, 2.24) is 10.0 Å². The molecule has 0 saturated carbocycles. The van der Waals surface area contributed by atoms with Crippen LogP contribution in [0.15, 0.2) is 65.6 Å². The van der Waals surface area contributed by atoms with Crippen molar-refractivity contribution in [2.24, 2.45) is 0 Å². The Balaban J connectivity index is 1.83. The zero-order valence-corrected chi connectivity index (χ0v) is 16.5. The first-order valence-electron chi connectivity index (χ1n) is 8.88. The van der Waals surface area contributed by atoms with Crippen LogP contribution in [0.5, 0.6) is 5.75 Å². The number of carbonyl (C=O) groups is 1. The Morgan fingerprint density at radius 3 is 2.46 bits per heavy atom. The van der Waals surface area contributed by atoms with Crippen molar-refractivity contribution < 1.29 is 17.9 Å². The molecule has 28 heavy (non-hydrogen) atoms. The van der Waals surface area contributed by atoms with E-state index in [9.17, 15) is 13.2 Å². The lowest BCUT2D eigenvalue weighted by molar-refractivity contribution is 0.0952. The van der Waals surface area contributed by atoms with E-state index in [2.05, 4.69) is 10.0 Å². The Bertz CT molecular complexity index is 1110. The summed E-state index contributed by atoms with van der Waals surface area (Å²) in [7, 11) is -2.36.